The molecule has 1 aromatic heterocycles. The molecule has 0 amide bonds. The average Bonchev–Trinajstić information content (AvgIpc) is 2.74. The molecule has 1 aliphatic rings. The van der Waals surface area contributed by atoms with Crippen LogP contribution in [0.5, 0.6) is 0 Å². The van der Waals surface area contributed by atoms with Gasteiger partial charge in [0.15, 0.2) is 0 Å². The van der Waals surface area contributed by atoms with E-state index in [1.165, 1.54) is 13.3 Å². The molecule has 2 N–H and O–H groups in total. The first-order chi connectivity index (χ1) is 9.06. The molecular formula is C11H15FN2O5. The van der Waals surface area contributed by atoms with Crippen molar-refractivity contribution in [1.29, 1.82) is 0 Å². The zero-order valence-corrected chi connectivity index (χ0v) is 10.3. The number of halogens is 1. The summed E-state index contributed by atoms with van der Waals surface area (Å²) in [6, 6.07) is 0. The predicted octanol–water partition coefficient (Wildman–Crippen LogP) is -0.699. The molecule has 8 heteroatoms. The van der Waals surface area contributed by atoms with E-state index in [0.717, 1.165) is 4.57 Å². The largest absolute Gasteiger partial charge is 0.394 e. The molecule has 0 bridgehead atoms. The zero-order chi connectivity index (χ0) is 14.0. The molecule has 7 nitrogen and oxygen atoms in total. The third-order valence-electron chi connectivity index (χ3n) is 2.99. The summed E-state index contributed by atoms with van der Waals surface area (Å²) >= 11 is 0. The van der Waals surface area contributed by atoms with Gasteiger partial charge in [-0.05, 0) is 0 Å². The molecule has 1 fully saturated rings. The lowest BCUT2D eigenvalue weighted by Gasteiger charge is -2.15. The van der Waals surface area contributed by atoms with Crippen LogP contribution in [0.1, 0.15) is 18.2 Å². The molecule has 2 rings (SSSR count). The first-order valence-corrected chi connectivity index (χ1v) is 5.80. The Hall–Kier alpha value is -1.51. The van der Waals surface area contributed by atoms with Gasteiger partial charge in [-0.3, -0.25) is 14.3 Å². The molecule has 1 unspecified atom stereocenters. The number of rotatable bonds is 4. The van der Waals surface area contributed by atoms with Crippen LogP contribution in [0.4, 0.5) is 4.39 Å². The van der Waals surface area contributed by atoms with Crippen molar-refractivity contribution < 1.29 is 19.0 Å². The fourth-order valence-corrected chi connectivity index (χ4v) is 2.02. The van der Waals surface area contributed by atoms with Crippen molar-refractivity contribution in [2.24, 2.45) is 0 Å². The van der Waals surface area contributed by atoms with Crippen LogP contribution in [-0.4, -0.2) is 40.6 Å². The Morgan fingerprint density at radius 3 is 2.95 bits per heavy atom. The van der Waals surface area contributed by atoms with Gasteiger partial charge in [-0.2, -0.15) is 0 Å². The lowest BCUT2D eigenvalue weighted by atomic mass is 10.2. The van der Waals surface area contributed by atoms with Gasteiger partial charge in [0.25, 0.3) is 5.56 Å². The molecular weight excluding hydrogens is 259 g/mol. The van der Waals surface area contributed by atoms with Crippen molar-refractivity contribution in [2.75, 3.05) is 13.7 Å². The van der Waals surface area contributed by atoms with Crippen LogP contribution in [0.25, 0.3) is 0 Å². The van der Waals surface area contributed by atoms with Crippen molar-refractivity contribution in [3.63, 3.8) is 0 Å². The number of aromatic nitrogens is 2. The van der Waals surface area contributed by atoms with E-state index < -0.39 is 36.4 Å². The van der Waals surface area contributed by atoms with Crippen molar-refractivity contribution in [3.05, 3.63) is 32.6 Å². The fraction of sp³-hybridized carbons (Fsp3) is 0.636. The van der Waals surface area contributed by atoms with E-state index in [2.05, 4.69) is 4.98 Å². The molecule has 0 spiro atoms. The number of aliphatic hydroxyl groups excluding tert-OH is 1. The Bertz CT molecular complexity index is 555. The SMILES string of the molecule is COCc1cn([C@@H]2CC(F)[C@H](CO)O2)c(=O)[nH]c1=O. The normalized spacial score (nSPS) is 26.8. The minimum absolute atomic E-state index is 0.0326. The number of hydrogen-bond donors (Lipinski definition) is 2. The molecule has 0 aromatic carbocycles. The number of hydrogen-bond acceptors (Lipinski definition) is 5. The van der Waals surface area contributed by atoms with E-state index in [9.17, 15) is 14.0 Å². The molecule has 1 aromatic rings. The maximum Gasteiger partial charge on any atom is 0.330 e. The summed E-state index contributed by atoms with van der Waals surface area (Å²) in [5.41, 5.74) is -0.981. The third-order valence-corrected chi connectivity index (χ3v) is 2.99. The number of aromatic amines is 1. The number of ether oxygens (including phenoxy) is 2. The highest BCUT2D eigenvalue weighted by Gasteiger charge is 2.36. The van der Waals surface area contributed by atoms with Crippen molar-refractivity contribution >= 4 is 0 Å². The van der Waals surface area contributed by atoms with E-state index in [0.29, 0.717) is 0 Å². The van der Waals surface area contributed by atoms with E-state index in [1.807, 2.05) is 0 Å². The van der Waals surface area contributed by atoms with Gasteiger partial charge in [0.05, 0.1) is 18.8 Å². The van der Waals surface area contributed by atoms with Crippen LogP contribution < -0.4 is 11.2 Å². The van der Waals surface area contributed by atoms with E-state index in [4.69, 9.17) is 14.6 Å². The Balaban J connectivity index is 2.33. The highest BCUT2D eigenvalue weighted by Crippen LogP contribution is 2.29. The molecule has 0 saturated carbocycles. The second kappa shape index (κ2) is 5.64. The molecule has 3 atom stereocenters. The quantitative estimate of drug-likeness (QED) is 0.757. The maximum atomic E-state index is 13.5. The number of nitrogens with zero attached hydrogens (tertiary/aromatic N) is 1. The summed E-state index contributed by atoms with van der Waals surface area (Å²) in [4.78, 5) is 25.3. The molecule has 0 radical (unpaired) electrons. The average molecular weight is 274 g/mol. The highest BCUT2D eigenvalue weighted by atomic mass is 19.1. The number of nitrogens with one attached hydrogen (secondary N) is 1. The number of alkyl halides is 1. The first kappa shape index (κ1) is 13.9. The van der Waals surface area contributed by atoms with Crippen LogP contribution in [0.2, 0.25) is 0 Å². The Labute approximate surface area is 107 Å². The van der Waals surface area contributed by atoms with Gasteiger partial charge in [0.2, 0.25) is 0 Å². The number of methoxy groups -OCH3 is 1. The minimum Gasteiger partial charge on any atom is -0.394 e. The zero-order valence-electron chi connectivity index (χ0n) is 10.3. The second-order valence-electron chi connectivity index (χ2n) is 4.32. The monoisotopic (exact) mass is 274 g/mol. The summed E-state index contributed by atoms with van der Waals surface area (Å²) in [5.74, 6) is 0. The van der Waals surface area contributed by atoms with E-state index in [-0.39, 0.29) is 18.6 Å². The van der Waals surface area contributed by atoms with Gasteiger partial charge in [0, 0.05) is 19.7 Å². The summed E-state index contributed by atoms with van der Waals surface area (Å²) in [7, 11) is 1.42. The van der Waals surface area contributed by atoms with Gasteiger partial charge in [-0.1, -0.05) is 0 Å². The summed E-state index contributed by atoms with van der Waals surface area (Å²) < 4.78 is 24.7. The van der Waals surface area contributed by atoms with Gasteiger partial charge in [-0.15, -0.1) is 0 Å². The van der Waals surface area contributed by atoms with Crippen LogP contribution in [0, 0.1) is 0 Å². The summed E-state index contributed by atoms with van der Waals surface area (Å²) in [6.45, 7) is -0.425. The van der Waals surface area contributed by atoms with Crippen molar-refractivity contribution in [1.82, 2.24) is 9.55 Å². The maximum absolute atomic E-state index is 13.5. The Morgan fingerprint density at radius 1 is 1.63 bits per heavy atom. The van der Waals surface area contributed by atoms with Crippen LogP contribution in [0.15, 0.2) is 15.8 Å². The highest BCUT2D eigenvalue weighted by molar-refractivity contribution is 5.04. The van der Waals surface area contributed by atoms with Gasteiger partial charge in [-0.25, -0.2) is 9.18 Å². The topological polar surface area (TPSA) is 93.6 Å². The van der Waals surface area contributed by atoms with Crippen LogP contribution in [-0.2, 0) is 16.1 Å². The van der Waals surface area contributed by atoms with E-state index in [1.54, 1.807) is 0 Å². The smallest absolute Gasteiger partial charge is 0.330 e. The first-order valence-electron chi connectivity index (χ1n) is 5.80. The lowest BCUT2D eigenvalue weighted by molar-refractivity contribution is -0.0358. The van der Waals surface area contributed by atoms with Gasteiger partial charge < -0.3 is 14.6 Å². The summed E-state index contributed by atoms with van der Waals surface area (Å²) in [5, 5.41) is 8.92. The predicted molar refractivity (Wildman–Crippen MR) is 62.5 cm³/mol. The standard InChI is InChI=1S/C11H15FN2O5/c1-18-5-6-3-14(11(17)13-10(6)16)9-2-7(12)8(4-15)19-9/h3,7-9,15H,2,4-5H2,1H3,(H,13,16,17)/t7?,8-,9-/m0/s1. The molecule has 19 heavy (non-hydrogen) atoms. The van der Waals surface area contributed by atoms with Crippen LogP contribution in [0.3, 0.4) is 0 Å². The van der Waals surface area contributed by atoms with Crippen molar-refractivity contribution in [3.8, 4) is 0 Å². The van der Waals surface area contributed by atoms with Gasteiger partial charge >= 0.3 is 5.69 Å². The van der Waals surface area contributed by atoms with Crippen LogP contribution >= 0.6 is 0 Å². The molecule has 1 aliphatic heterocycles. The Kier molecular flexibility index (Phi) is 4.13. The molecule has 106 valence electrons. The van der Waals surface area contributed by atoms with Crippen molar-refractivity contribution in [2.45, 2.75) is 31.5 Å². The number of aliphatic hydroxyl groups is 1. The molecule has 1 saturated heterocycles. The lowest BCUT2D eigenvalue weighted by Crippen LogP contribution is -2.34. The Morgan fingerprint density at radius 2 is 2.37 bits per heavy atom. The summed E-state index contributed by atoms with van der Waals surface area (Å²) in [6.07, 6.45) is -1.90. The number of H-pyrrole nitrogens is 1. The van der Waals surface area contributed by atoms with E-state index >= 15 is 0 Å². The molecule has 2 heterocycles. The van der Waals surface area contributed by atoms with Gasteiger partial charge in [0.1, 0.15) is 18.5 Å². The second-order valence-corrected chi connectivity index (χ2v) is 4.32. The fourth-order valence-electron chi connectivity index (χ4n) is 2.02. The molecule has 0 aliphatic carbocycles. The third kappa shape index (κ3) is 2.75. The minimum atomic E-state index is -1.35.